The minimum Gasteiger partial charge on any atom is -0.309 e. The Hall–Kier alpha value is -1.70. The molecular weight excluding hydrogens is 464 g/mol. The fourth-order valence-electron chi connectivity index (χ4n) is 4.74. The highest BCUT2D eigenvalue weighted by Gasteiger charge is 2.35. The number of carbonyl (C=O) groups is 1. The number of amides is 1. The molecule has 0 aliphatic carbocycles. The molecule has 0 N–H and O–H groups in total. The first-order valence-electron chi connectivity index (χ1n) is 10.4. The smallest absolute Gasteiger partial charge is 0.244 e. The Morgan fingerprint density at radius 2 is 1.80 bits per heavy atom. The molecule has 1 unspecified atom stereocenters. The van der Waals surface area contributed by atoms with Crippen molar-refractivity contribution in [2.24, 2.45) is 5.92 Å². The van der Waals surface area contributed by atoms with Crippen LogP contribution in [0.15, 0.2) is 51.8 Å². The second kappa shape index (κ2) is 8.44. The highest BCUT2D eigenvalue weighted by atomic mass is 79.9. The lowest BCUT2D eigenvalue weighted by Crippen LogP contribution is -2.39. The van der Waals surface area contributed by atoms with E-state index < -0.39 is 10.0 Å². The van der Waals surface area contributed by atoms with Crippen molar-refractivity contribution in [2.75, 3.05) is 18.0 Å². The molecule has 0 aromatic heterocycles. The third-order valence-electron chi connectivity index (χ3n) is 6.25. The number of piperidine rings is 1. The number of rotatable bonds is 4. The van der Waals surface area contributed by atoms with Crippen LogP contribution >= 0.6 is 15.9 Å². The summed E-state index contributed by atoms with van der Waals surface area (Å²) in [6.45, 7) is 4.56. The van der Waals surface area contributed by atoms with Crippen LogP contribution in [-0.2, 0) is 27.7 Å². The number of fused-ring (bicyclic) bond motifs is 1. The van der Waals surface area contributed by atoms with E-state index in [4.69, 9.17) is 0 Å². The fraction of sp³-hybridized carbons (Fsp3) is 0.435. The molecule has 0 spiro atoms. The summed E-state index contributed by atoms with van der Waals surface area (Å²) in [6.07, 6.45) is 3.43. The Morgan fingerprint density at radius 1 is 1.13 bits per heavy atom. The first-order valence-corrected chi connectivity index (χ1v) is 12.7. The number of sulfonamides is 1. The van der Waals surface area contributed by atoms with Gasteiger partial charge in [0, 0.05) is 36.2 Å². The molecule has 0 radical (unpaired) electrons. The van der Waals surface area contributed by atoms with Crippen LogP contribution in [0.2, 0.25) is 0 Å². The van der Waals surface area contributed by atoms with Gasteiger partial charge in [-0.3, -0.25) is 4.79 Å². The summed E-state index contributed by atoms with van der Waals surface area (Å²) in [5.74, 6) is 0.435. The fourth-order valence-corrected chi connectivity index (χ4v) is 7.28. The van der Waals surface area contributed by atoms with Gasteiger partial charge in [0.15, 0.2) is 0 Å². The van der Waals surface area contributed by atoms with E-state index in [1.54, 1.807) is 15.3 Å². The largest absolute Gasteiger partial charge is 0.309 e. The van der Waals surface area contributed by atoms with Crippen molar-refractivity contribution in [2.45, 2.75) is 50.5 Å². The van der Waals surface area contributed by atoms with Crippen molar-refractivity contribution in [1.29, 1.82) is 0 Å². The van der Waals surface area contributed by atoms with Gasteiger partial charge in [-0.1, -0.05) is 30.3 Å². The Bertz CT molecular complexity index is 1050. The average Bonchev–Trinajstić information content (AvgIpc) is 3.03. The molecule has 2 aliphatic rings. The zero-order valence-corrected chi connectivity index (χ0v) is 19.7. The predicted octanol–water partition coefficient (Wildman–Crippen LogP) is 4.39. The van der Waals surface area contributed by atoms with Gasteiger partial charge in [0.1, 0.15) is 0 Å². The Kier molecular flexibility index (Phi) is 6.06. The van der Waals surface area contributed by atoms with Crippen molar-refractivity contribution in [3.05, 3.63) is 58.1 Å². The van der Waals surface area contributed by atoms with Crippen LogP contribution < -0.4 is 4.90 Å². The maximum Gasteiger partial charge on any atom is 0.244 e. The summed E-state index contributed by atoms with van der Waals surface area (Å²) in [6, 6.07) is 14.0. The molecule has 30 heavy (non-hydrogen) atoms. The maximum atomic E-state index is 13.4. The number of nitrogens with zero attached hydrogens (tertiary/aromatic N) is 2. The molecule has 1 fully saturated rings. The third-order valence-corrected chi connectivity index (χ3v) is 9.10. The van der Waals surface area contributed by atoms with Crippen molar-refractivity contribution in [1.82, 2.24) is 4.31 Å². The zero-order valence-electron chi connectivity index (χ0n) is 17.3. The molecule has 1 saturated heterocycles. The van der Waals surface area contributed by atoms with Crippen molar-refractivity contribution in [3.8, 4) is 0 Å². The van der Waals surface area contributed by atoms with E-state index in [1.807, 2.05) is 31.2 Å². The summed E-state index contributed by atoms with van der Waals surface area (Å²) < 4.78 is 29.0. The Morgan fingerprint density at radius 3 is 2.43 bits per heavy atom. The SMILES string of the molecule is CC(=O)N1c2cc(S(=O)(=O)N3CCC(Cc4ccccc4)CC3)c(Br)cc2CC1C. The third kappa shape index (κ3) is 4.07. The minimum absolute atomic E-state index is 0.0380. The molecule has 4 rings (SSSR count). The Balaban J connectivity index is 1.53. The maximum absolute atomic E-state index is 13.4. The van der Waals surface area contributed by atoms with Crippen LogP contribution in [0.5, 0.6) is 0 Å². The van der Waals surface area contributed by atoms with E-state index in [1.165, 1.54) is 12.5 Å². The highest BCUT2D eigenvalue weighted by Crippen LogP contribution is 2.39. The van der Waals surface area contributed by atoms with E-state index >= 15 is 0 Å². The highest BCUT2D eigenvalue weighted by molar-refractivity contribution is 9.10. The summed E-state index contributed by atoms with van der Waals surface area (Å²) >= 11 is 3.48. The van der Waals surface area contributed by atoms with Crippen LogP contribution in [0.3, 0.4) is 0 Å². The summed E-state index contributed by atoms with van der Waals surface area (Å²) in [5.41, 5.74) is 3.03. The molecule has 1 amide bonds. The van der Waals surface area contributed by atoms with Crippen molar-refractivity contribution < 1.29 is 13.2 Å². The quantitative estimate of drug-likeness (QED) is 0.638. The standard InChI is InChI=1S/C23H27BrN2O3S/c1-16-12-20-14-21(24)23(15-22(20)26(16)17(2)27)30(28,29)25-10-8-19(9-11-25)13-18-6-4-3-5-7-18/h3-7,14-16,19H,8-13H2,1-2H3. The van der Waals surface area contributed by atoms with Crippen LogP contribution in [0.25, 0.3) is 0 Å². The first-order chi connectivity index (χ1) is 14.3. The van der Waals surface area contributed by atoms with Gasteiger partial charge in [0.05, 0.1) is 4.90 Å². The van der Waals surface area contributed by atoms with Crippen molar-refractivity contribution >= 4 is 37.5 Å². The molecule has 2 heterocycles. The van der Waals surface area contributed by atoms with Gasteiger partial charge in [0.2, 0.25) is 15.9 Å². The summed E-state index contributed by atoms with van der Waals surface area (Å²) in [5, 5.41) is 0. The summed E-state index contributed by atoms with van der Waals surface area (Å²) in [4.78, 5) is 14.1. The molecule has 7 heteroatoms. The van der Waals surface area contributed by atoms with Gasteiger partial charge in [-0.05, 0) is 77.7 Å². The van der Waals surface area contributed by atoms with Gasteiger partial charge < -0.3 is 4.90 Å². The zero-order chi connectivity index (χ0) is 21.5. The average molecular weight is 491 g/mol. The van der Waals surface area contributed by atoms with Crippen molar-refractivity contribution in [3.63, 3.8) is 0 Å². The molecule has 2 aromatic carbocycles. The van der Waals surface area contributed by atoms with Gasteiger partial charge >= 0.3 is 0 Å². The van der Waals surface area contributed by atoms with E-state index in [9.17, 15) is 13.2 Å². The molecule has 0 saturated carbocycles. The molecule has 0 bridgehead atoms. The van der Waals surface area contributed by atoms with Gasteiger partial charge in [-0.2, -0.15) is 4.31 Å². The molecule has 1 atom stereocenters. The van der Waals surface area contributed by atoms with E-state index in [-0.39, 0.29) is 16.8 Å². The van der Waals surface area contributed by atoms with Gasteiger partial charge in [0.25, 0.3) is 0 Å². The lowest BCUT2D eigenvalue weighted by molar-refractivity contribution is -0.116. The first kappa shape index (κ1) is 21.5. The number of benzene rings is 2. The lowest BCUT2D eigenvalue weighted by atomic mass is 9.91. The Labute approximate surface area is 187 Å². The number of halogens is 1. The number of carbonyl (C=O) groups excluding carboxylic acids is 1. The molecule has 2 aliphatic heterocycles. The van der Waals surface area contributed by atoms with Gasteiger partial charge in [-0.25, -0.2) is 8.42 Å². The lowest BCUT2D eigenvalue weighted by Gasteiger charge is -2.32. The normalized spacial score (nSPS) is 20.4. The molecule has 2 aromatic rings. The molecule has 5 nitrogen and oxygen atoms in total. The van der Waals surface area contributed by atoms with Crippen LogP contribution in [0.4, 0.5) is 5.69 Å². The van der Waals surface area contributed by atoms with E-state index in [0.29, 0.717) is 23.5 Å². The number of hydrogen-bond acceptors (Lipinski definition) is 3. The predicted molar refractivity (Wildman–Crippen MR) is 122 cm³/mol. The number of hydrogen-bond donors (Lipinski definition) is 0. The van der Waals surface area contributed by atoms with E-state index in [2.05, 4.69) is 28.1 Å². The second-order valence-corrected chi connectivity index (χ2v) is 11.2. The second-order valence-electron chi connectivity index (χ2n) is 8.39. The monoisotopic (exact) mass is 490 g/mol. The van der Waals surface area contributed by atoms with Crippen LogP contribution in [0, 0.1) is 5.92 Å². The molecule has 160 valence electrons. The van der Waals surface area contributed by atoms with Gasteiger partial charge in [-0.15, -0.1) is 0 Å². The topological polar surface area (TPSA) is 57.7 Å². The van der Waals surface area contributed by atoms with E-state index in [0.717, 1.165) is 36.9 Å². The minimum atomic E-state index is -3.63. The number of anilines is 1. The van der Waals surface area contributed by atoms with Crippen LogP contribution in [0.1, 0.15) is 37.8 Å². The molecular formula is C23H27BrN2O3S. The summed E-state index contributed by atoms with van der Waals surface area (Å²) in [7, 11) is -3.63. The van der Waals surface area contributed by atoms with Crippen LogP contribution in [-0.4, -0.2) is 37.8 Å².